The van der Waals surface area contributed by atoms with Crippen molar-refractivity contribution >= 4 is 0 Å². The SMILES string of the molecule is CCCCCCCCCCCN1C=CN(CCCC)C1CCCCCC. The van der Waals surface area contributed by atoms with Crippen molar-refractivity contribution in [3.63, 3.8) is 0 Å². The van der Waals surface area contributed by atoms with E-state index in [1.807, 2.05) is 0 Å². The molecule has 0 bridgehead atoms. The Kier molecular flexibility index (Phi) is 14.8. The lowest BCUT2D eigenvalue weighted by Crippen LogP contribution is -2.39. The lowest BCUT2D eigenvalue weighted by Gasteiger charge is -2.33. The number of hydrogen-bond acceptors (Lipinski definition) is 2. The molecule has 0 aromatic carbocycles. The second-order valence-electron chi connectivity index (χ2n) is 8.29. The monoisotopic (exact) mass is 364 g/mol. The summed E-state index contributed by atoms with van der Waals surface area (Å²) in [7, 11) is 0. The molecule has 1 heterocycles. The zero-order valence-electron chi connectivity index (χ0n) is 18.4. The van der Waals surface area contributed by atoms with Crippen molar-refractivity contribution in [1.82, 2.24) is 9.80 Å². The summed E-state index contributed by atoms with van der Waals surface area (Å²) in [6, 6.07) is 0. The highest BCUT2D eigenvalue weighted by Crippen LogP contribution is 2.23. The van der Waals surface area contributed by atoms with Gasteiger partial charge in [-0.25, -0.2) is 0 Å². The highest BCUT2D eigenvalue weighted by atomic mass is 15.4. The third-order valence-corrected chi connectivity index (χ3v) is 5.82. The quantitative estimate of drug-likeness (QED) is 0.230. The largest absolute Gasteiger partial charge is 0.356 e. The van der Waals surface area contributed by atoms with Gasteiger partial charge in [0.2, 0.25) is 0 Å². The van der Waals surface area contributed by atoms with Gasteiger partial charge in [-0.1, -0.05) is 97.8 Å². The van der Waals surface area contributed by atoms with Gasteiger partial charge in [0.05, 0.1) is 0 Å². The van der Waals surface area contributed by atoms with Crippen LogP contribution in [0.25, 0.3) is 0 Å². The number of rotatable bonds is 18. The molecular formula is C24H48N2. The summed E-state index contributed by atoms with van der Waals surface area (Å²) < 4.78 is 0. The van der Waals surface area contributed by atoms with Crippen molar-refractivity contribution in [3.05, 3.63) is 12.4 Å². The van der Waals surface area contributed by atoms with Crippen LogP contribution >= 0.6 is 0 Å². The second-order valence-corrected chi connectivity index (χ2v) is 8.29. The molecule has 2 heteroatoms. The first-order valence-electron chi connectivity index (χ1n) is 12.0. The highest BCUT2D eigenvalue weighted by molar-refractivity contribution is 4.96. The molecule has 0 fully saturated rings. The van der Waals surface area contributed by atoms with E-state index in [1.165, 1.54) is 116 Å². The molecule has 154 valence electrons. The first kappa shape index (κ1) is 23.4. The fourth-order valence-electron chi connectivity index (χ4n) is 4.04. The summed E-state index contributed by atoms with van der Waals surface area (Å²) in [6.45, 7) is 9.40. The maximum atomic E-state index is 2.64. The Morgan fingerprint density at radius 3 is 1.46 bits per heavy atom. The molecule has 2 nitrogen and oxygen atoms in total. The van der Waals surface area contributed by atoms with Crippen LogP contribution in [0.1, 0.15) is 124 Å². The second kappa shape index (κ2) is 16.5. The van der Waals surface area contributed by atoms with Crippen LogP contribution in [0.3, 0.4) is 0 Å². The summed E-state index contributed by atoms with van der Waals surface area (Å²) in [5.41, 5.74) is 0. The van der Waals surface area contributed by atoms with Gasteiger partial charge in [0.15, 0.2) is 0 Å². The van der Waals surface area contributed by atoms with Crippen molar-refractivity contribution in [2.45, 2.75) is 130 Å². The molecule has 1 aliphatic heterocycles. The van der Waals surface area contributed by atoms with Crippen LogP contribution in [0.15, 0.2) is 12.4 Å². The minimum Gasteiger partial charge on any atom is -0.356 e. The van der Waals surface area contributed by atoms with E-state index >= 15 is 0 Å². The van der Waals surface area contributed by atoms with Crippen LogP contribution in [0, 0.1) is 0 Å². The van der Waals surface area contributed by atoms with Crippen LogP contribution in [0.5, 0.6) is 0 Å². The van der Waals surface area contributed by atoms with Crippen molar-refractivity contribution in [1.29, 1.82) is 0 Å². The van der Waals surface area contributed by atoms with E-state index in [-0.39, 0.29) is 0 Å². The molecule has 1 atom stereocenters. The third-order valence-electron chi connectivity index (χ3n) is 5.82. The number of unbranched alkanes of at least 4 members (excludes halogenated alkanes) is 12. The molecule has 0 aliphatic carbocycles. The van der Waals surface area contributed by atoms with Gasteiger partial charge in [-0.15, -0.1) is 0 Å². The standard InChI is InChI=1S/C24H48N2/c1-4-7-10-12-13-14-15-16-18-21-26-23-22-25(20-9-6-3)24(26)19-17-11-8-5-2/h22-24H,4-21H2,1-3H3. The fourth-order valence-corrected chi connectivity index (χ4v) is 4.04. The van der Waals surface area contributed by atoms with Gasteiger partial charge in [-0.2, -0.15) is 0 Å². The van der Waals surface area contributed by atoms with E-state index < -0.39 is 0 Å². The summed E-state index contributed by atoms with van der Waals surface area (Å²) in [6.07, 6.45) is 27.7. The number of nitrogens with zero attached hydrogens (tertiary/aromatic N) is 2. The van der Waals surface area contributed by atoms with Crippen LogP contribution in [0.4, 0.5) is 0 Å². The highest BCUT2D eigenvalue weighted by Gasteiger charge is 2.24. The Morgan fingerprint density at radius 2 is 0.923 bits per heavy atom. The molecule has 0 spiro atoms. The molecule has 0 aromatic rings. The Bertz CT molecular complexity index is 326. The van der Waals surface area contributed by atoms with E-state index in [2.05, 4.69) is 43.0 Å². The van der Waals surface area contributed by atoms with Crippen molar-refractivity contribution < 1.29 is 0 Å². The minimum absolute atomic E-state index is 0.646. The van der Waals surface area contributed by atoms with Crippen molar-refractivity contribution in [3.8, 4) is 0 Å². The summed E-state index contributed by atoms with van der Waals surface area (Å²) in [5.74, 6) is 0. The van der Waals surface area contributed by atoms with Crippen molar-refractivity contribution in [2.75, 3.05) is 13.1 Å². The maximum Gasteiger partial charge on any atom is 0.101 e. The normalized spacial score (nSPS) is 16.8. The summed E-state index contributed by atoms with van der Waals surface area (Å²) in [5, 5.41) is 0. The summed E-state index contributed by atoms with van der Waals surface area (Å²) >= 11 is 0. The first-order valence-corrected chi connectivity index (χ1v) is 12.0. The van der Waals surface area contributed by atoms with Gasteiger partial charge in [0.1, 0.15) is 6.17 Å². The smallest absolute Gasteiger partial charge is 0.101 e. The molecule has 0 aromatic heterocycles. The van der Waals surface area contributed by atoms with E-state index in [9.17, 15) is 0 Å². The van der Waals surface area contributed by atoms with E-state index in [0.717, 1.165) is 0 Å². The minimum atomic E-state index is 0.646. The Morgan fingerprint density at radius 1 is 0.500 bits per heavy atom. The molecule has 0 radical (unpaired) electrons. The Balaban J connectivity index is 2.19. The summed E-state index contributed by atoms with van der Waals surface area (Å²) in [4.78, 5) is 5.26. The van der Waals surface area contributed by atoms with Gasteiger partial charge < -0.3 is 9.80 Å². The molecule has 1 rings (SSSR count). The molecule has 1 aliphatic rings. The predicted octanol–water partition coefficient (Wildman–Crippen LogP) is 7.70. The van der Waals surface area contributed by atoms with E-state index in [4.69, 9.17) is 0 Å². The molecular weight excluding hydrogens is 316 g/mol. The third kappa shape index (κ3) is 10.5. The van der Waals surface area contributed by atoms with Gasteiger partial charge >= 0.3 is 0 Å². The Labute approximate surface area is 165 Å². The molecule has 0 saturated heterocycles. The van der Waals surface area contributed by atoms with E-state index in [0.29, 0.717) is 6.17 Å². The lowest BCUT2D eigenvalue weighted by atomic mass is 10.1. The van der Waals surface area contributed by atoms with E-state index in [1.54, 1.807) is 0 Å². The molecule has 0 N–H and O–H groups in total. The molecule has 0 amide bonds. The van der Waals surface area contributed by atoms with Crippen LogP contribution in [-0.2, 0) is 0 Å². The van der Waals surface area contributed by atoms with Crippen LogP contribution in [-0.4, -0.2) is 29.1 Å². The lowest BCUT2D eigenvalue weighted by molar-refractivity contribution is 0.136. The fraction of sp³-hybridized carbons (Fsp3) is 0.917. The number of hydrogen-bond donors (Lipinski definition) is 0. The molecule has 1 unspecified atom stereocenters. The maximum absolute atomic E-state index is 2.64. The zero-order chi connectivity index (χ0) is 18.9. The van der Waals surface area contributed by atoms with Crippen molar-refractivity contribution in [2.24, 2.45) is 0 Å². The average Bonchev–Trinajstić information content (AvgIpc) is 3.04. The van der Waals surface area contributed by atoms with Crippen LogP contribution in [0.2, 0.25) is 0 Å². The molecule has 0 saturated carbocycles. The van der Waals surface area contributed by atoms with Gasteiger partial charge in [0, 0.05) is 25.5 Å². The first-order chi connectivity index (χ1) is 12.8. The van der Waals surface area contributed by atoms with Gasteiger partial charge in [-0.3, -0.25) is 0 Å². The Hall–Kier alpha value is -0.660. The topological polar surface area (TPSA) is 6.48 Å². The van der Waals surface area contributed by atoms with Gasteiger partial charge in [-0.05, 0) is 25.7 Å². The average molecular weight is 365 g/mol. The van der Waals surface area contributed by atoms with Crippen LogP contribution < -0.4 is 0 Å². The predicted molar refractivity (Wildman–Crippen MR) is 117 cm³/mol. The zero-order valence-corrected chi connectivity index (χ0v) is 18.4. The molecule has 26 heavy (non-hydrogen) atoms. The van der Waals surface area contributed by atoms with Gasteiger partial charge in [0.25, 0.3) is 0 Å².